The fraction of sp³-hybridized carbons (Fsp3) is 0.111. The van der Waals surface area contributed by atoms with Gasteiger partial charge < -0.3 is 0 Å². The molecular formula is C27H22ClN3. The highest BCUT2D eigenvalue weighted by Gasteiger charge is 2.40. The number of halogens is 1. The third-order valence-electron chi connectivity index (χ3n) is 5.88. The second kappa shape index (κ2) is 7.68. The summed E-state index contributed by atoms with van der Waals surface area (Å²) in [5.74, 6) is 0. The van der Waals surface area contributed by atoms with Crippen molar-refractivity contribution in [1.82, 2.24) is 14.8 Å². The van der Waals surface area contributed by atoms with E-state index in [4.69, 9.17) is 16.7 Å². The molecule has 0 aliphatic rings. The van der Waals surface area contributed by atoms with Crippen LogP contribution in [0.4, 0.5) is 0 Å². The van der Waals surface area contributed by atoms with Gasteiger partial charge in [0, 0.05) is 11.5 Å². The lowest BCUT2D eigenvalue weighted by molar-refractivity contribution is 0.473. The van der Waals surface area contributed by atoms with Gasteiger partial charge in [-0.3, -0.25) is 0 Å². The third-order valence-corrected chi connectivity index (χ3v) is 6.07. The maximum absolute atomic E-state index is 6.44. The molecule has 3 nitrogen and oxygen atoms in total. The minimum absolute atomic E-state index is 0.467. The van der Waals surface area contributed by atoms with Crippen LogP contribution in [-0.4, -0.2) is 14.8 Å². The molecule has 0 aliphatic heterocycles. The van der Waals surface area contributed by atoms with Crippen LogP contribution in [-0.2, 0) is 5.54 Å². The number of hydrogen-bond acceptors (Lipinski definition) is 2. The number of pyridine rings is 1. The van der Waals surface area contributed by atoms with Gasteiger partial charge in [0.15, 0.2) is 0 Å². The van der Waals surface area contributed by atoms with E-state index in [0.29, 0.717) is 5.15 Å². The van der Waals surface area contributed by atoms with Crippen LogP contribution >= 0.6 is 11.6 Å². The number of hydrogen-bond donors (Lipinski definition) is 0. The zero-order chi connectivity index (χ0) is 21.4. The van der Waals surface area contributed by atoms with E-state index in [1.165, 1.54) is 0 Å². The average Bonchev–Trinajstić information content (AvgIpc) is 3.13. The SMILES string of the molecule is Cc1nc(Cl)cc2c1c(C)nn2C(c1ccccc1)(c1ccccc1)c1ccccc1. The van der Waals surface area contributed by atoms with Crippen molar-refractivity contribution in [3.8, 4) is 0 Å². The van der Waals surface area contributed by atoms with Crippen LogP contribution in [0, 0.1) is 13.8 Å². The van der Waals surface area contributed by atoms with E-state index in [9.17, 15) is 0 Å². The lowest BCUT2D eigenvalue weighted by atomic mass is 9.77. The predicted molar refractivity (Wildman–Crippen MR) is 127 cm³/mol. The summed E-state index contributed by atoms with van der Waals surface area (Å²) in [6, 6.07) is 33.5. The summed E-state index contributed by atoms with van der Waals surface area (Å²) in [5.41, 5.74) is 5.49. The Bertz CT molecular complexity index is 1250. The molecule has 3 aromatic carbocycles. The molecule has 31 heavy (non-hydrogen) atoms. The maximum atomic E-state index is 6.44. The second-order valence-corrected chi connectivity index (χ2v) is 8.12. The van der Waals surface area contributed by atoms with Crippen molar-refractivity contribution in [3.63, 3.8) is 0 Å². The zero-order valence-corrected chi connectivity index (χ0v) is 18.2. The van der Waals surface area contributed by atoms with Gasteiger partial charge in [-0.15, -0.1) is 0 Å². The Labute approximate surface area is 187 Å². The van der Waals surface area contributed by atoms with Gasteiger partial charge in [0.2, 0.25) is 0 Å². The van der Waals surface area contributed by atoms with Crippen molar-refractivity contribution in [2.45, 2.75) is 19.4 Å². The first-order valence-electron chi connectivity index (χ1n) is 10.3. The van der Waals surface area contributed by atoms with Crippen molar-refractivity contribution in [3.05, 3.63) is 130 Å². The molecule has 0 unspecified atom stereocenters. The van der Waals surface area contributed by atoms with Gasteiger partial charge in [0.05, 0.1) is 16.9 Å². The van der Waals surface area contributed by atoms with Crippen LogP contribution < -0.4 is 0 Å². The number of rotatable bonds is 4. The molecule has 0 radical (unpaired) electrons. The molecule has 5 rings (SSSR count). The number of aryl methyl sites for hydroxylation is 2. The van der Waals surface area contributed by atoms with Gasteiger partial charge in [-0.25, -0.2) is 9.67 Å². The topological polar surface area (TPSA) is 30.7 Å². The van der Waals surface area contributed by atoms with Crippen LogP contribution in [0.15, 0.2) is 97.1 Å². The molecule has 0 fully saturated rings. The summed E-state index contributed by atoms with van der Waals surface area (Å²) in [7, 11) is 0. The monoisotopic (exact) mass is 423 g/mol. The Hall–Kier alpha value is -3.43. The highest BCUT2D eigenvalue weighted by Crippen LogP contribution is 2.43. The van der Waals surface area contributed by atoms with Crippen LogP contribution in [0.3, 0.4) is 0 Å². The molecule has 0 atom stereocenters. The lowest BCUT2D eigenvalue weighted by Gasteiger charge is -2.37. The minimum atomic E-state index is -0.673. The summed E-state index contributed by atoms with van der Waals surface area (Å²) in [6.45, 7) is 4.02. The van der Waals surface area contributed by atoms with E-state index in [2.05, 4.69) is 82.5 Å². The minimum Gasteiger partial charge on any atom is -0.245 e. The molecule has 0 saturated carbocycles. The maximum Gasteiger partial charge on any atom is 0.138 e. The fourth-order valence-corrected chi connectivity index (χ4v) is 4.88. The summed E-state index contributed by atoms with van der Waals surface area (Å²) in [4.78, 5) is 4.49. The van der Waals surface area contributed by atoms with Crippen molar-refractivity contribution in [1.29, 1.82) is 0 Å². The van der Waals surface area contributed by atoms with E-state index in [-0.39, 0.29) is 0 Å². The van der Waals surface area contributed by atoms with Gasteiger partial charge in [-0.05, 0) is 30.5 Å². The summed E-state index contributed by atoms with van der Waals surface area (Å²) in [6.07, 6.45) is 0. The highest BCUT2D eigenvalue weighted by atomic mass is 35.5. The first-order valence-corrected chi connectivity index (χ1v) is 10.7. The van der Waals surface area contributed by atoms with E-state index in [1.807, 2.05) is 38.1 Å². The molecule has 0 bridgehead atoms. The number of nitrogens with zero attached hydrogens (tertiary/aromatic N) is 3. The van der Waals surface area contributed by atoms with E-state index in [1.54, 1.807) is 0 Å². The molecule has 152 valence electrons. The predicted octanol–water partition coefficient (Wildman–Crippen LogP) is 6.54. The Morgan fingerprint density at radius 2 is 1.13 bits per heavy atom. The number of fused-ring (bicyclic) bond motifs is 1. The number of benzene rings is 3. The van der Waals surface area contributed by atoms with E-state index >= 15 is 0 Å². The Balaban J connectivity index is 2.01. The van der Waals surface area contributed by atoms with Crippen molar-refractivity contribution in [2.75, 3.05) is 0 Å². The molecule has 0 N–H and O–H groups in total. The zero-order valence-electron chi connectivity index (χ0n) is 17.5. The van der Waals surface area contributed by atoms with Gasteiger partial charge >= 0.3 is 0 Å². The van der Waals surface area contributed by atoms with E-state index < -0.39 is 5.54 Å². The quantitative estimate of drug-likeness (QED) is 0.242. The number of aromatic nitrogens is 3. The Morgan fingerprint density at radius 1 is 0.677 bits per heavy atom. The molecule has 5 aromatic rings. The molecule has 4 heteroatoms. The van der Waals surface area contributed by atoms with Crippen molar-refractivity contribution >= 4 is 22.5 Å². The fourth-order valence-electron chi connectivity index (χ4n) is 4.65. The summed E-state index contributed by atoms with van der Waals surface area (Å²) >= 11 is 6.44. The molecular weight excluding hydrogens is 402 g/mol. The Kier molecular flexibility index (Phi) is 4.84. The second-order valence-electron chi connectivity index (χ2n) is 7.73. The van der Waals surface area contributed by atoms with Gasteiger partial charge in [-0.1, -0.05) is 103 Å². The largest absolute Gasteiger partial charge is 0.245 e. The first kappa shape index (κ1) is 19.5. The molecule has 0 saturated heterocycles. The van der Waals surface area contributed by atoms with Gasteiger partial charge in [-0.2, -0.15) is 5.10 Å². The van der Waals surface area contributed by atoms with E-state index in [0.717, 1.165) is 39.0 Å². The normalized spacial score (nSPS) is 11.7. The highest BCUT2D eigenvalue weighted by molar-refractivity contribution is 6.30. The molecule has 0 spiro atoms. The smallest absolute Gasteiger partial charge is 0.138 e. The average molecular weight is 424 g/mol. The summed E-state index contributed by atoms with van der Waals surface area (Å²) < 4.78 is 2.12. The van der Waals surface area contributed by atoms with Crippen molar-refractivity contribution < 1.29 is 0 Å². The van der Waals surface area contributed by atoms with Gasteiger partial charge in [0.1, 0.15) is 10.7 Å². The Morgan fingerprint density at radius 3 is 1.58 bits per heavy atom. The molecule has 0 amide bonds. The first-order chi connectivity index (χ1) is 15.1. The molecule has 2 heterocycles. The molecule has 0 aliphatic carbocycles. The van der Waals surface area contributed by atoms with Crippen LogP contribution in [0.2, 0.25) is 5.15 Å². The standard InChI is InChI=1S/C27H22ClN3/c1-19-26-20(2)30-31(24(26)18-25(28)29-19)27(21-12-6-3-7-13-21,22-14-8-4-9-15-22)23-16-10-5-11-17-23/h3-18H,1-2H3. The van der Waals surface area contributed by atoms with Crippen LogP contribution in [0.5, 0.6) is 0 Å². The van der Waals surface area contributed by atoms with Crippen molar-refractivity contribution in [2.24, 2.45) is 0 Å². The lowest BCUT2D eigenvalue weighted by Crippen LogP contribution is -2.38. The summed E-state index contributed by atoms with van der Waals surface area (Å²) in [5, 5.41) is 6.62. The van der Waals surface area contributed by atoms with Gasteiger partial charge in [0.25, 0.3) is 0 Å². The molecule has 2 aromatic heterocycles. The van der Waals surface area contributed by atoms with Crippen LogP contribution in [0.25, 0.3) is 10.9 Å². The third kappa shape index (κ3) is 3.05. The van der Waals surface area contributed by atoms with Crippen LogP contribution in [0.1, 0.15) is 28.1 Å².